The van der Waals surface area contributed by atoms with E-state index in [1.807, 2.05) is 72.8 Å². The normalized spacial score (nSPS) is 14.6. The lowest BCUT2D eigenvalue weighted by molar-refractivity contribution is -0.122. The molecule has 0 aromatic heterocycles. The molecule has 0 bridgehead atoms. The van der Waals surface area contributed by atoms with Crippen LogP contribution in [-0.4, -0.2) is 16.9 Å². The van der Waals surface area contributed by atoms with Crippen LogP contribution in [0.15, 0.2) is 107 Å². The number of amides is 2. The predicted molar refractivity (Wildman–Crippen MR) is 154 cm³/mol. The summed E-state index contributed by atoms with van der Waals surface area (Å²) >= 11 is 14.9. The largest absolute Gasteiger partial charge is 0.457 e. The number of anilines is 1. The third-order valence-corrected chi connectivity index (χ3v) is 6.55. The number of thiocarbonyl (C=S) groups is 1. The molecule has 2 amide bonds. The Morgan fingerprint density at radius 3 is 2.19 bits per heavy atom. The van der Waals surface area contributed by atoms with Crippen LogP contribution in [0, 0.1) is 0 Å². The van der Waals surface area contributed by atoms with Gasteiger partial charge in [-0.25, -0.2) is 0 Å². The van der Waals surface area contributed by atoms with Crippen molar-refractivity contribution in [3.63, 3.8) is 0 Å². The fraction of sp³-hybridized carbons (Fsp3) is 0. The predicted octanol–water partition coefficient (Wildman–Crippen LogP) is 7.39. The third-order valence-electron chi connectivity index (χ3n) is 5.59. The summed E-state index contributed by atoms with van der Waals surface area (Å²) in [5.41, 5.74) is 3.09. The van der Waals surface area contributed by atoms with Crippen molar-refractivity contribution >= 4 is 68.4 Å². The molecule has 1 fully saturated rings. The molecule has 5 nitrogen and oxygen atoms in total. The molecular weight excluding hydrogens is 572 g/mol. The van der Waals surface area contributed by atoms with Crippen LogP contribution in [0.25, 0.3) is 17.2 Å². The highest BCUT2D eigenvalue weighted by atomic mass is 79.9. The van der Waals surface area contributed by atoms with Crippen LogP contribution in [-0.2, 0) is 9.59 Å². The van der Waals surface area contributed by atoms with E-state index in [1.54, 1.807) is 30.3 Å². The number of benzene rings is 4. The van der Waals surface area contributed by atoms with Gasteiger partial charge in [0.1, 0.15) is 17.1 Å². The molecule has 37 heavy (non-hydrogen) atoms. The standard InChI is InChI=1S/C29H18BrClN2O3S/c30-21-15-20(16-22(31)17-21)19-8-6-18(7-9-19)14-26-27(34)32-29(37)33(28(26)35)23-10-12-25(13-11-23)36-24-4-2-1-3-5-24/h1-17H,(H,32,34,37). The van der Waals surface area contributed by atoms with Gasteiger partial charge in [-0.15, -0.1) is 0 Å². The summed E-state index contributed by atoms with van der Waals surface area (Å²) in [5, 5.41) is 3.25. The summed E-state index contributed by atoms with van der Waals surface area (Å²) < 4.78 is 6.70. The fourth-order valence-electron chi connectivity index (χ4n) is 3.84. The Balaban J connectivity index is 1.38. The lowest BCUT2D eigenvalue weighted by Crippen LogP contribution is -2.54. The molecule has 8 heteroatoms. The van der Waals surface area contributed by atoms with Gasteiger partial charge >= 0.3 is 0 Å². The number of nitrogens with zero attached hydrogens (tertiary/aromatic N) is 1. The second-order valence-corrected chi connectivity index (χ2v) is 9.89. The van der Waals surface area contributed by atoms with Gasteiger partial charge in [-0.2, -0.15) is 0 Å². The molecule has 1 heterocycles. The van der Waals surface area contributed by atoms with Crippen molar-refractivity contribution in [1.82, 2.24) is 5.32 Å². The topological polar surface area (TPSA) is 58.6 Å². The monoisotopic (exact) mass is 588 g/mol. The number of halogens is 2. The Morgan fingerprint density at radius 2 is 1.51 bits per heavy atom. The minimum absolute atomic E-state index is 0.0172. The maximum Gasteiger partial charge on any atom is 0.270 e. The van der Waals surface area contributed by atoms with Gasteiger partial charge in [0, 0.05) is 9.50 Å². The average Bonchev–Trinajstić information content (AvgIpc) is 2.88. The van der Waals surface area contributed by atoms with Gasteiger partial charge in [-0.3, -0.25) is 19.8 Å². The number of nitrogens with one attached hydrogen (secondary N) is 1. The molecule has 1 saturated heterocycles. The Bertz CT molecular complexity index is 1520. The van der Waals surface area contributed by atoms with E-state index in [4.69, 9.17) is 28.6 Å². The average molecular weight is 590 g/mol. The highest BCUT2D eigenvalue weighted by Crippen LogP contribution is 2.29. The zero-order valence-corrected chi connectivity index (χ0v) is 22.3. The van der Waals surface area contributed by atoms with E-state index >= 15 is 0 Å². The first-order valence-electron chi connectivity index (χ1n) is 11.2. The van der Waals surface area contributed by atoms with Crippen molar-refractivity contribution in [3.8, 4) is 22.6 Å². The van der Waals surface area contributed by atoms with Crippen molar-refractivity contribution in [2.24, 2.45) is 0 Å². The first-order chi connectivity index (χ1) is 17.9. The molecule has 5 rings (SSSR count). The van der Waals surface area contributed by atoms with E-state index in [-0.39, 0.29) is 10.7 Å². The summed E-state index contributed by atoms with van der Waals surface area (Å²) in [6, 6.07) is 29.4. The Morgan fingerprint density at radius 1 is 0.838 bits per heavy atom. The molecule has 1 aliphatic rings. The molecule has 0 saturated carbocycles. The van der Waals surface area contributed by atoms with Crippen molar-refractivity contribution in [1.29, 1.82) is 0 Å². The van der Waals surface area contributed by atoms with Crippen LogP contribution >= 0.6 is 39.7 Å². The minimum Gasteiger partial charge on any atom is -0.457 e. The van der Waals surface area contributed by atoms with E-state index < -0.39 is 11.8 Å². The first-order valence-corrected chi connectivity index (χ1v) is 12.8. The minimum atomic E-state index is -0.543. The molecule has 0 spiro atoms. The number of carbonyl (C=O) groups is 2. The zero-order chi connectivity index (χ0) is 25.9. The molecule has 4 aromatic rings. The molecule has 1 aliphatic heterocycles. The van der Waals surface area contributed by atoms with Gasteiger partial charge in [0.15, 0.2) is 5.11 Å². The van der Waals surface area contributed by atoms with Gasteiger partial charge in [0.25, 0.3) is 11.8 Å². The summed E-state index contributed by atoms with van der Waals surface area (Å²) in [7, 11) is 0. The van der Waals surface area contributed by atoms with Crippen LogP contribution in [0.5, 0.6) is 11.5 Å². The summed E-state index contributed by atoms with van der Waals surface area (Å²) in [6.45, 7) is 0. The molecule has 182 valence electrons. The van der Waals surface area contributed by atoms with Gasteiger partial charge in [-0.05, 0) is 89.6 Å². The van der Waals surface area contributed by atoms with E-state index in [0.29, 0.717) is 27.8 Å². The number of hydrogen-bond acceptors (Lipinski definition) is 4. The molecule has 0 atom stereocenters. The SMILES string of the molecule is O=C1NC(=S)N(c2ccc(Oc3ccccc3)cc2)C(=O)C1=Cc1ccc(-c2cc(Cl)cc(Br)c2)cc1. The van der Waals surface area contributed by atoms with E-state index in [0.717, 1.165) is 15.6 Å². The number of ether oxygens (including phenoxy) is 1. The van der Waals surface area contributed by atoms with E-state index in [9.17, 15) is 9.59 Å². The van der Waals surface area contributed by atoms with Gasteiger partial charge in [0.05, 0.1) is 5.69 Å². The van der Waals surface area contributed by atoms with Crippen molar-refractivity contribution in [2.45, 2.75) is 0 Å². The summed E-state index contributed by atoms with van der Waals surface area (Å²) in [4.78, 5) is 27.3. The van der Waals surface area contributed by atoms with Gasteiger partial charge in [0.2, 0.25) is 0 Å². The lowest BCUT2D eigenvalue weighted by Gasteiger charge is -2.29. The molecular formula is C29H18BrClN2O3S. The molecule has 1 N–H and O–H groups in total. The number of hydrogen-bond donors (Lipinski definition) is 1. The van der Waals surface area contributed by atoms with Crippen LogP contribution in [0.3, 0.4) is 0 Å². The van der Waals surface area contributed by atoms with E-state index in [1.165, 1.54) is 4.90 Å². The van der Waals surface area contributed by atoms with Crippen LogP contribution in [0.4, 0.5) is 5.69 Å². The van der Waals surface area contributed by atoms with Gasteiger partial charge < -0.3 is 4.74 Å². The zero-order valence-electron chi connectivity index (χ0n) is 19.2. The molecule has 0 radical (unpaired) electrons. The van der Waals surface area contributed by atoms with Crippen LogP contribution < -0.4 is 15.0 Å². The molecule has 0 unspecified atom stereocenters. The Hall–Kier alpha value is -3.78. The molecule has 4 aromatic carbocycles. The van der Waals surface area contributed by atoms with Crippen LogP contribution in [0.1, 0.15) is 5.56 Å². The van der Waals surface area contributed by atoms with E-state index in [2.05, 4.69) is 21.2 Å². The number of carbonyl (C=O) groups excluding carboxylic acids is 2. The van der Waals surface area contributed by atoms with Crippen molar-refractivity contribution < 1.29 is 14.3 Å². The highest BCUT2D eigenvalue weighted by Gasteiger charge is 2.34. The van der Waals surface area contributed by atoms with Gasteiger partial charge in [-0.1, -0.05) is 70.0 Å². The second-order valence-electron chi connectivity index (χ2n) is 8.15. The number of rotatable bonds is 5. The summed E-state index contributed by atoms with van der Waals surface area (Å²) in [5.74, 6) is 0.259. The Kier molecular flexibility index (Phi) is 7.19. The maximum absolute atomic E-state index is 13.3. The van der Waals surface area contributed by atoms with Crippen LogP contribution in [0.2, 0.25) is 5.02 Å². The first kappa shape index (κ1) is 24.9. The lowest BCUT2D eigenvalue weighted by atomic mass is 10.0. The summed E-state index contributed by atoms with van der Waals surface area (Å²) in [6.07, 6.45) is 1.55. The quantitative estimate of drug-likeness (QED) is 0.150. The third kappa shape index (κ3) is 5.64. The number of para-hydroxylation sites is 1. The van der Waals surface area contributed by atoms with Crippen molar-refractivity contribution in [2.75, 3.05) is 4.90 Å². The highest BCUT2D eigenvalue weighted by molar-refractivity contribution is 9.10. The second kappa shape index (κ2) is 10.7. The maximum atomic E-state index is 13.3. The smallest absolute Gasteiger partial charge is 0.270 e. The van der Waals surface area contributed by atoms with Crippen molar-refractivity contribution in [3.05, 3.63) is 118 Å². The Labute approximate surface area is 232 Å². The fourth-order valence-corrected chi connectivity index (χ4v) is 4.98. The molecule has 0 aliphatic carbocycles.